The summed E-state index contributed by atoms with van der Waals surface area (Å²) in [7, 11) is 0. The van der Waals surface area contributed by atoms with Gasteiger partial charge in [0.1, 0.15) is 5.00 Å². The van der Waals surface area contributed by atoms with Gasteiger partial charge in [0.15, 0.2) is 0 Å². The molecular weight excluding hydrogens is 316 g/mol. The molecule has 3 amide bonds. The molecule has 23 heavy (non-hydrogen) atoms. The largest absolute Gasteiger partial charge is 0.313 e. The third-order valence-corrected chi connectivity index (χ3v) is 3.60. The van der Waals surface area contributed by atoms with E-state index >= 15 is 0 Å². The summed E-state index contributed by atoms with van der Waals surface area (Å²) in [4.78, 5) is 34.9. The Morgan fingerprint density at radius 2 is 1.74 bits per heavy atom. The summed E-state index contributed by atoms with van der Waals surface area (Å²) >= 11 is 1.18. The number of amides is 3. The monoisotopic (exact) mass is 328 g/mol. The molecule has 2 aromatic rings. The maximum absolute atomic E-state index is 12.2. The number of carbonyl (C=O) groups is 3. The first kappa shape index (κ1) is 16.2. The first-order chi connectivity index (χ1) is 11.0. The zero-order chi connectivity index (χ0) is 16.8. The van der Waals surface area contributed by atoms with Gasteiger partial charge in [-0.1, -0.05) is 0 Å². The Morgan fingerprint density at radius 3 is 2.35 bits per heavy atom. The van der Waals surface area contributed by atoms with Crippen LogP contribution in [0.4, 0.5) is 5.00 Å². The van der Waals surface area contributed by atoms with Crippen molar-refractivity contribution < 1.29 is 14.4 Å². The van der Waals surface area contributed by atoms with Crippen LogP contribution in [0.5, 0.6) is 0 Å². The van der Waals surface area contributed by atoms with Gasteiger partial charge in [-0.25, -0.2) is 0 Å². The van der Waals surface area contributed by atoms with Gasteiger partial charge in [0.2, 0.25) is 5.91 Å². The van der Waals surface area contributed by atoms with Crippen molar-refractivity contribution in [3.63, 3.8) is 0 Å². The minimum absolute atomic E-state index is 0.241. The molecule has 0 unspecified atom stereocenters. The summed E-state index contributed by atoms with van der Waals surface area (Å²) in [5.41, 5.74) is 5.47. The van der Waals surface area contributed by atoms with Crippen LogP contribution in [0.15, 0.2) is 35.7 Å². The van der Waals surface area contributed by atoms with E-state index in [-0.39, 0.29) is 5.56 Å². The van der Waals surface area contributed by atoms with Gasteiger partial charge in [-0.3, -0.25) is 25.2 Å². The fourth-order valence-electron chi connectivity index (χ4n) is 1.67. The second-order valence-electron chi connectivity index (χ2n) is 4.44. The van der Waals surface area contributed by atoms with Crippen molar-refractivity contribution in [2.24, 2.45) is 0 Å². The van der Waals surface area contributed by atoms with E-state index in [2.05, 4.69) is 16.2 Å². The molecule has 0 aliphatic rings. The first-order valence-electron chi connectivity index (χ1n) is 6.47. The van der Waals surface area contributed by atoms with Gasteiger partial charge in [-0.15, -0.1) is 11.3 Å². The maximum atomic E-state index is 12.2. The Morgan fingerprint density at radius 1 is 1.04 bits per heavy atom. The molecule has 0 spiro atoms. The van der Waals surface area contributed by atoms with Crippen molar-refractivity contribution in [1.29, 1.82) is 5.26 Å². The molecule has 0 saturated carbocycles. The van der Waals surface area contributed by atoms with Crippen LogP contribution < -0.4 is 16.2 Å². The molecule has 0 radical (unpaired) electrons. The van der Waals surface area contributed by atoms with Crippen LogP contribution in [-0.4, -0.2) is 17.7 Å². The van der Waals surface area contributed by atoms with Crippen LogP contribution >= 0.6 is 11.3 Å². The van der Waals surface area contributed by atoms with Crippen molar-refractivity contribution in [2.45, 2.75) is 6.92 Å². The fourth-order valence-corrected chi connectivity index (χ4v) is 2.45. The Labute approximate surface area is 135 Å². The summed E-state index contributed by atoms with van der Waals surface area (Å²) in [6.45, 7) is 1.27. The molecule has 2 rings (SSSR count). The van der Waals surface area contributed by atoms with Crippen molar-refractivity contribution >= 4 is 34.1 Å². The number of hydrazine groups is 1. The number of nitrogens with one attached hydrogen (secondary N) is 3. The molecule has 1 aromatic carbocycles. The van der Waals surface area contributed by atoms with Crippen molar-refractivity contribution in [1.82, 2.24) is 10.9 Å². The van der Waals surface area contributed by atoms with Crippen LogP contribution in [-0.2, 0) is 4.79 Å². The standard InChI is InChI=1S/C15H12N4O3S/c1-9(20)18-19-14(22)12-6-7-23-15(12)17-13(21)11-4-2-10(8-16)3-5-11/h2-7H,1H3,(H,17,21)(H,18,20)(H,19,22). The second-order valence-corrected chi connectivity index (χ2v) is 5.36. The molecule has 8 heteroatoms. The van der Waals surface area contributed by atoms with Gasteiger partial charge in [-0.05, 0) is 35.7 Å². The highest BCUT2D eigenvalue weighted by Gasteiger charge is 2.16. The molecule has 0 atom stereocenters. The van der Waals surface area contributed by atoms with E-state index in [4.69, 9.17) is 5.26 Å². The molecule has 1 aromatic heterocycles. The van der Waals surface area contributed by atoms with E-state index in [0.717, 1.165) is 0 Å². The van der Waals surface area contributed by atoms with Gasteiger partial charge in [0, 0.05) is 12.5 Å². The van der Waals surface area contributed by atoms with Crippen molar-refractivity contribution in [2.75, 3.05) is 5.32 Å². The lowest BCUT2D eigenvalue weighted by atomic mass is 10.1. The van der Waals surface area contributed by atoms with Crippen molar-refractivity contribution in [3.05, 3.63) is 52.4 Å². The third-order valence-electron chi connectivity index (χ3n) is 2.77. The molecule has 3 N–H and O–H groups in total. The minimum Gasteiger partial charge on any atom is -0.313 e. The highest BCUT2D eigenvalue weighted by atomic mass is 32.1. The quantitative estimate of drug-likeness (QED) is 0.744. The Balaban J connectivity index is 2.09. The number of nitriles is 1. The maximum Gasteiger partial charge on any atom is 0.272 e. The van der Waals surface area contributed by atoms with Crippen LogP contribution in [0.3, 0.4) is 0 Å². The first-order valence-corrected chi connectivity index (χ1v) is 7.35. The third kappa shape index (κ3) is 4.15. The van der Waals surface area contributed by atoms with E-state index in [9.17, 15) is 14.4 Å². The molecular formula is C15H12N4O3S. The number of nitrogens with zero attached hydrogens (tertiary/aromatic N) is 1. The lowest BCUT2D eigenvalue weighted by Crippen LogP contribution is -2.40. The number of rotatable bonds is 3. The fraction of sp³-hybridized carbons (Fsp3) is 0.0667. The van der Waals surface area contributed by atoms with Crippen LogP contribution in [0, 0.1) is 11.3 Å². The second kappa shape index (κ2) is 7.20. The van der Waals surface area contributed by atoms with Gasteiger partial charge in [0.25, 0.3) is 11.8 Å². The Hall–Kier alpha value is -3.18. The zero-order valence-corrected chi connectivity index (χ0v) is 12.9. The predicted octanol–water partition coefficient (Wildman–Crippen LogP) is 1.65. The number of benzene rings is 1. The number of hydrogen-bond acceptors (Lipinski definition) is 5. The Bertz CT molecular complexity index is 790. The van der Waals surface area contributed by atoms with Crippen LogP contribution in [0.25, 0.3) is 0 Å². The molecule has 1 heterocycles. The average molecular weight is 328 g/mol. The smallest absolute Gasteiger partial charge is 0.272 e. The highest BCUT2D eigenvalue weighted by Crippen LogP contribution is 2.23. The average Bonchev–Trinajstić information content (AvgIpc) is 3.00. The molecule has 116 valence electrons. The zero-order valence-electron chi connectivity index (χ0n) is 12.0. The molecule has 0 aliphatic heterocycles. The van der Waals surface area contributed by atoms with Gasteiger partial charge in [-0.2, -0.15) is 5.26 Å². The summed E-state index contributed by atoms with van der Waals surface area (Å²) in [5.74, 6) is -1.33. The number of thiophene rings is 1. The lowest BCUT2D eigenvalue weighted by molar-refractivity contribution is -0.119. The topological polar surface area (TPSA) is 111 Å². The molecule has 0 fully saturated rings. The summed E-state index contributed by atoms with van der Waals surface area (Å²) in [5, 5.41) is 13.4. The van der Waals surface area contributed by atoms with Crippen molar-refractivity contribution in [3.8, 4) is 6.07 Å². The normalized spacial score (nSPS) is 9.57. The Kier molecular flexibility index (Phi) is 5.07. The van der Waals surface area contributed by atoms with Gasteiger partial charge < -0.3 is 5.32 Å². The van der Waals surface area contributed by atoms with E-state index in [1.54, 1.807) is 5.38 Å². The van der Waals surface area contributed by atoms with Crippen LogP contribution in [0.1, 0.15) is 33.2 Å². The van der Waals surface area contributed by atoms with Gasteiger partial charge >= 0.3 is 0 Å². The summed E-state index contributed by atoms with van der Waals surface area (Å²) in [6.07, 6.45) is 0. The lowest BCUT2D eigenvalue weighted by Gasteiger charge is -2.07. The summed E-state index contributed by atoms with van der Waals surface area (Å²) < 4.78 is 0. The van der Waals surface area contributed by atoms with E-state index in [1.165, 1.54) is 48.6 Å². The van der Waals surface area contributed by atoms with E-state index < -0.39 is 17.7 Å². The minimum atomic E-state index is -0.531. The number of carbonyl (C=O) groups excluding carboxylic acids is 3. The molecule has 0 saturated heterocycles. The molecule has 0 aliphatic carbocycles. The van der Waals surface area contributed by atoms with Crippen LogP contribution in [0.2, 0.25) is 0 Å². The predicted molar refractivity (Wildman–Crippen MR) is 84.7 cm³/mol. The van der Waals surface area contributed by atoms with E-state index in [0.29, 0.717) is 16.1 Å². The molecule has 7 nitrogen and oxygen atoms in total. The van der Waals surface area contributed by atoms with Gasteiger partial charge in [0.05, 0.1) is 17.2 Å². The molecule has 0 bridgehead atoms. The number of hydrogen-bond donors (Lipinski definition) is 3. The SMILES string of the molecule is CC(=O)NNC(=O)c1ccsc1NC(=O)c1ccc(C#N)cc1. The van der Waals surface area contributed by atoms with E-state index in [1.807, 2.05) is 6.07 Å². The number of anilines is 1. The highest BCUT2D eigenvalue weighted by molar-refractivity contribution is 7.14. The summed E-state index contributed by atoms with van der Waals surface area (Å²) in [6, 6.07) is 9.63.